The normalized spacial score (nSPS) is 11.2. The van der Waals surface area contributed by atoms with Gasteiger partial charge in [-0.3, -0.25) is 14.2 Å². The zero-order valence-electron chi connectivity index (χ0n) is 19.1. The number of carbonyl (C=O) groups is 2. The molecule has 0 saturated heterocycles. The van der Waals surface area contributed by atoms with Crippen molar-refractivity contribution >= 4 is 45.5 Å². The number of benzene rings is 3. The number of esters is 1. The third kappa shape index (κ3) is 4.38. The third-order valence-electron chi connectivity index (χ3n) is 5.85. The first-order chi connectivity index (χ1) is 16.9. The zero-order chi connectivity index (χ0) is 24.5. The number of hydrogen-bond donors (Lipinski definition) is 0. The van der Waals surface area contributed by atoms with E-state index in [9.17, 15) is 9.59 Å². The Labute approximate surface area is 205 Å². The molecule has 0 unspecified atom stereocenters. The van der Waals surface area contributed by atoms with Gasteiger partial charge in [-0.2, -0.15) is 0 Å². The van der Waals surface area contributed by atoms with E-state index >= 15 is 0 Å². The summed E-state index contributed by atoms with van der Waals surface area (Å²) >= 11 is 5.99. The van der Waals surface area contributed by atoms with E-state index in [4.69, 9.17) is 25.5 Å². The maximum atomic E-state index is 13.4. The second kappa shape index (κ2) is 9.27. The Morgan fingerprint density at radius 3 is 2.57 bits per heavy atom. The van der Waals surface area contributed by atoms with Crippen molar-refractivity contribution in [3.8, 4) is 5.75 Å². The standard InChI is InChI=1S/C27H21ClN2O5/c1-16-20(14-26(31)34-15-25-29-22-5-3-4-6-24(22)35-25)21-13-19(33-2)11-12-23(21)30(16)27(32)17-7-9-18(28)10-8-17/h3-13H,14-15H2,1-2H3. The first-order valence-electron chi connectivity index (χ1n) is 10.9. The van der Waals surface area contributed by atoms with Gasteiger partial charge in [-0.15, -0.1) is 0 Å². The molecule has 7 nitrogen and oxygen atoms in total. The zero-order valence-corrected chi connectivity index (χ0v) is 19.8. The number of carbonyl (C=O) groups excluding carboxylic acids is 2. The molecule has 0 atom stereocenters. The van der Waals surface area contributed by atoms with E-state index in [-0.39, 0.29) is 18.9 Å². The fourth-order valence-corrected chi connectivity index (χ4v) is 4.24. The molecule has 0 bridgehead atoms. The Balaban J connectivity index is 1.45. The number of fused-ring (bicyclic) bond motifs is 2. The molecule has 5 rings (SSSR count). The minimum absolute atomic E-state index is 0.0311. The Morgan fingerprint density at radius 2 is 1.83 bits per heavy atom. The van der Waals surface area contributed by atoms with Gasteiger partial charge in [-0.05, 0) is 67.1 Å². The van der Waals surface area contributed by atoms with Crippen molar-refractivity contribution in [2.75, 3.05) is 7.11 Å². The lowest BCUT2D eigenvalue weighted by Crippen LogP contribution is -2.14. The quantitative estimate of drug-likeness (QED) is 0.284. The number of rotatable bonds is 6. The van der Waals surface area contributed by atoms with Crippen LogP contribution in [0.4, 0.5) is 0 Å². The van der Waals surface area contributed by atoms with Crippen LogP contribution in [0.3, 0.4) is 0 Å². The van der Waals surface area contributed by atoms with Crippen LogP contribution < -0.4 is 4.74 Å². The van der Waals surface area contributed by atoms with Crippen molar-refractivity contribution in [1.82, 2.24) is 9.55 Å². The number of nitrogens with zero attached hydrogens (tertiary/aromatic N) is 2. The number of halogens is 1. The summed E-state index contributed by atoms with van der Waals surface area (Å²) in [6.07, 6.45) is -0.0311. The summed E-state index contributed by atoms with van der Waals surface area (Å²) in [7, 11) is 1.57. The highest BCUT2D eigenvalue weighted by atomic mass is 35.5. The predicted octanol–water partition coefficient (Wildman–Crippen LogP) is 5.73. The van der Waals surface area contributed by atoms with Gasteiger partial charge in [0.1, 0.15) is 11.3 Å². The topological polar surface area (TPSA) is 83.6 Å². The summed E-state index contributed by atoms with van der Waals surface area (Å²) in [4.78, 5) is 30.5. The highest BCUT2D eigenvalue weighted by Crippen LogP contribution is 2.31. The second-order valence-corrected chi connectivity index (χ2v) is 8.44. The van der Waals surface area contributed by atoms with Gasteiger partial charge < -0.3 is 13.9 Å². The molecule has 0 aliphatic carbocycles. The van der Waals surface area contributed by atoms with Crippen LogP contribution in [-0.4, -0.2) is 28.5 Å². The van der Waals surface area contributed by atoms with Crippen LogP contribution in [0.15, 0.2) is 71.1 Å². The number of hydrogen-bond acceptors (Lipinski definition) is 6. The summed E-state index contributed by atoms with van der Waals surface area (Å²) in [5.74, 6) is 0.254. The molecule has 0 saturated carbocycles. The molecule has 8 heteroatoms. The van der Waals surface area contributed by atoms with Crippen molar-refractivity contribution in [2.45, 2.75) is 20.0 Å². The van der Waals surface area contributed by atoms with E-state index in [2.05, 4.69) is 4.98 Å². The maximum Gasteiger partial charge on any atom is 0.310 e. The number of methoxy groups -OCH3 is 1. The van der Waals surface area contributed by atoms with Crippen molar-refractivity contribution in [3.63, 3.8) is 0 Å². The Bertz CT molecular complexity index is 1530. The molecule has 0 fully saturated rings. The minimum Gasteiger partial charge on any atom is -0.497 e. The van der Waals surface area contributed by atoms with Gasteiger partial charge in [0.2, 0.25) is 5.89 Å². The van der Waals surface area contributed by atoms with E-state index in [0.717, 1.165) is 5.39 Å². The summed E-state index contributed by atoms with van der Waals surface area (Å²) in [5.41, 5.74) is 3.81. The van der Waals surface area contributed by atoms with Crippen LogP contribution in [0, 0.1) is 6.92 Å². The lowest BCUT2D eigenvalue weighted by Gasteiger charge is -2.08. The van der Waals surface area contributed by atoms with Crippen LogP contribution in [0.1, 0.15) is 27.5 Å². The van der Waals surface area contributed by atoms with Gasteiger partial charge in [0, 0.05) is 21.7 Å². The second-order valence-electron chi connectivity index (χ2n) is 8.01. The highest BCUT2D eigenvalue weighted by molar-refractivity contribution is 6.30. The number of oxazole rings is 1. The number of para-hydroxylation sites is 2. The van der Waals surface area contributed by atoms with Crippen LogP contribution in [0.25, 0.3) is 22.0 Å². The molecule has 0 aliphatic rings. The van der Waals surface area contributed by atoms with Crippen molar-refractivity contribution < 1.29 is 23.5 Å². The van der Waals surface area contributed by atoms with Gasteiger partial charge in [0.25, 0.3) is 5.91 Å². The fraction of sp³-hybridized carbons (Fsp3) is 0.148. The molecular formula is C27H21ClN2O5. The molecular weight excluding hydrogens is 468 g/mol. The summed E-state index contributed by atoms with van der Waals surface area (Å²) < 4.78 is 18.1. The van der Waals surface area contributed by atoms with Crippen molar-refractivity contribution in [3.05, 3.63) is 94.5 Å². The molecule has 0 aliphatic heterocycles. The smallest absolute Gasteiger partial charge is 0.310 e. The minimum atomic E-state index is -0.462. The monoisotopic (exact) mass is 488 g/mol. The molecule has 0 radical (unpaired) electrons. The van der Waals surface area contributed by atoms with Crippen LogP contribution in [-0.2, 0) is 22.6 Å². The molecule has 0 amide bonds. The Hall–Kier alpha value is -4.10. The first kappa shape index (κ1) is 22.7. The number of ether oxygens (including phenoxy) is 2. The van der Waals surface area contributed by atoms with E-state index in [1.165, 1.54) is 0 Å². The van der Waals surface area contributed by atoms with Gasteiger partial charge in [0.15, 0.2) is 12.2 Å². The molecule has 2 aromatic heterocycles. The fourth-order valence-electron chi connectivity index (χ4n) is 4.12. The van der Waals surface area contributed by atoms with Crippen LogP contribution in [0.2, 0.25) is 5.02 Å². The van der Waals surface area contributed by atoms with Crippen LogP contribution in [0.5, 0.6) is 5.75 Å². The van der Waals surface area contributed by atoms with Gasteiger partial charge in [-0.25, -0.2) is 4.98 Å². The molecule has 35 heavy (non-hydrogen) atoms. The molecule has 3 aromatic carbocycles. The highest BCUT2D eigenvalue weighted by Gasteiger charge is 2.23. The summed E-state index contributed by atoms with van der Waals surface area (Å²) in [6, 6.07) is 19.4. The van der Waals surface area contributed by atoms with Crippen molar-refractivity contribution in [2.24, 2.45) is 0 Å². The average molecular weight is 489 g/mol. The van der Waals surface area contributed by atoms with E-state index in [1.54, 1.807) is 48.1 Å². The summed E-state index contributed by atoms with van der Waals surface area (Å²) in [6.45, 7) is 1.72. The average Bonchev–Trinajstić information content (AvgIpc) is 3.40. The number of aromatic nitrogens is 2. The lowest BCUT2D eigenvalue weighted by molar-refractivity contribution is -0.144. The molecule has 5 aromatic rings. The van der Waals surface area contributed by atoms with E-state index in [1.807, 2.05) is 37.3 Å². The van der Waals surface area contributed by atoms with Gasteiger partial charge in [-0.1, -0.05) is 23.7 Å². The maximum absolute atomic E-state index is 13.4. The van der Waals surface area contributed by atoms with E-state index in [0.29, 0.717) is 50.1 Å². The predicted molar refractivity (Wildman–Crippen MR) is 132 cm³/mol. The Kier molecular flexibility index (Phi) is 6.01. The Morgan fingerprint density at radius 1 is 1.06 bits per heavy atom. The molecule has 176 valence electrons. The van der Waals surface area contributed by atoms with Gasteiger partial charge in [0.05, 0.1) is 19.0 Å². The van der Waals surface area contributed by atoms with Crippen LogP contribution >= 0.6 is 11.6 Å². The van der Waals surface area contributed by atoms with E-state index < -0.39 is 5.97 Å². The molecule has 0 N–H and O–H groups in total. The van der Waals surface area contributed by atoms with Gasteiger partial charge >= 0.3 is 5.97 Å². The molecule has 0 spiro atoms. The lowest BCUT2D eigenvalue weighted by atomic mass is 10.1. The third-order valence-corrected chi connectivity index (χ3v) is 6.10. The SMILES string of the molecule is COc1ccc2c(c1)c(CC(=O)OCc1nc3ccccc3o1)c(C)n2C(=O)c1ccc(Cl)cc1. The summed E-state index contributed by atoms with van der Waals surface area (Å²) in [5, 5.41) is 1.28. The van der Waals surface area contributed by atoms with Crippen molar-refractivity contribution in [1.29, 1.82) is 0 Å². The molecule has 2 heterocycles. The largest absolute Gasteiger partial charge is 0.497 e. The first-order valence-corrected chi connectivity index (χ1v) is 11.3.